The van der Waals surface area contributed by atoms with Crippen LogP contribution >= 0.6 is 12.6 Å². The molecule has 13 heavy (non-hydrogen) atoms. The summed E-state index contributed by atoms with van der Waals surface area (Å²) in [7, 11) is 0. The van der Waals surface area contributed by atoms with Crippen molar-refractivity contribution in [1.29, 1.82) is 0 Å². The average Bonchev–Trinajstić information content (AvgIpc) is 2.52. The molecule has 0 radical (unpaired) electrons. The van der Waals surface area contributed by atoms with Gasteiger partial charge < -0.3 is 4.42 Å². The molecule has 0 saturated carbocycles. The summed E-state index contributed by atoms with van der Waals surface area (Å²) >= 11 is 4.22. The van der Waals surface area contributed by atoms with Gasteiger partial charge in [-0.1, -0.05) is 6.07 Å². The van der Waals surface area contributed by atoms with Crippen molar-refractivity contribution in [3.63, 3.8) is 0 Å². The van der Waals surface area contributed by atoms with Crippen LogP contribution in [0.5, 0.6) is 0 Å². The lowest BCUT2D eigenvalue weighted by Gasteiger charge is -1.94. The van der Waals surface area contributed by atoms with Gasteiger partial charge >= 0.3 is 0 Å². The third-order valence-corrected chi connectivity index (χ3v) is 1.90. The van der Waals surface area contributed by atoms with Gasteiger partial charge in [-0.2, -0.15) is 0 Å². The van der Waals surface area contributed by atoms with Crippen molar-refractivity contribution in [2.75, 3.05) is 0 Å². The number of aromatic nitrogens is 2. The Kier molecular flexibility index (Phi) is 2.06. The minimum Gasteiger partial charge on any atom is -0.421 e. The van der Waals surface area contributed by atoms with Crippen LogP contribution in [0.25, 0.3) is 11.5 Å². The van der Waals surface area contributed by atoms with E-state index in [2.05, 4.69) is 22.8 Å². The van der Waals surface area contributed by atoms with Crippen LogP contribution in [0.4, 0.5) is 0 Å². The van der Waals surface area contributed by atoms with Crippen molar-refractivity contribution >= 4 is 12.6 Å². The van der Waals surface area contributed by atoms with Gasteiger partial charge in [-0.05, 0) is 18.2 Å². The molecule has 2 rings (SSSR count). The Morgan fingerprint density at radius 3 is 2.77 bits per heavy atom. The maximum absolute atomic E-state index is 5.27. The first-order valence-corrected chi connectivity index (χ1v) is 4.30. The molecule has 1 aromatic heterocycles. The summed E-state index contributed by atoms with van der Waals surface area (Å²) in [5.74, 6) is 1.10. The van der Waals surface area contributed by atoms with Gasteiger partial charge in [-0.15, -0.1) is 22.8 Å². The topological polar surface area (TPSA) is 38.9 Å². The highest BCUT2D eigenvalue weighted by atomic mass is 32.1. The first-order valence-electron chi connectivity index (χ1n) is 3.85. The lowest BCUT2D eigenvalue weighted by molar-refractivity contribution is 0.532. The van der Waals surface area contributed by atoms with Gasteiger partial charge in [0.1, 0.15) is 0 Å². The molecule has 0 saturated heterocycles. The number of benzene rings is 1. The second kappa shape index (κ2) is 3.22. The highest BCUT2D eigenvalue weighted by Crippen LogP contribution is 2.19. The van der Waals surface area contributed by atoms with E-state index in [0.29, 0.717) is 11.8 Å². The highest BCUT2D eigenvalue weighted by Gasteiger charge is 2.04. The largest absolute Gasteiger partial charge is 0.421 e. The molecule has 3 nitrogen and oxygen atoms in total. The van der Waals surface area contributed by atoms with E-state index >= 15 is 0 Å². The lowest BCUT2D eigenvalue weighted by atomic mass is 10.2. The van der Waals surface area contributed by atoms with Crippen LogP contribution in [0.1, 0.15) is 5.89 Å². The van der Waals surface area contributed by atoms with Gasteiger partial charge in [0.2, 0.25) is 11.8 Å². The number of hydrogen-bond acceptors (Lipinski definition) is 4. The second-order valence-corrected chi connectivity index (χ2v) is 3.19. The standard InChI is InChI=1S/C9H8N2OS/c1-6-10-11-9(12-6)7-3-2-4-8(13)5-7/h2-5,13H,1H3. The molecule has 0 aliphatic rings. The van der Waals surface area contributed by atoms with E-state index in [1.54, 1.807) is 6.92 Å². The molecule has 0 unspecified atom stereocenters. The smallest absolute Gasteiger partial charge is 0.247 e. The molecular formula is C9H8N2OS. The van der Waals surface area contributed by atoms with Crippen LogP contribution in [0.2, 0.25) is 0 Å². The van der Waals surface area contributed by atoms with E-state index in [1.807, 2.05) is 24.3 Å². The molecule has 0 aliphatic carbocycles. The Bertz CT molecular complexity index is 425. The van der Waals surface area contributed by atoms with Crippen molar-refractivity contribution in [1.82, 2.24) is 10.2 Å². The van der Waals surface area contributed by atoms with Gasteiger partial charge in [0.25, 0.3) is 0 Å². The summed E-state index contributed by atoms with van der Waals surface area (Å²) in [6.45, 7) is 1.76. The maximum atomic E-state index is 5.27. The van der Waals surface area contributed by atoms with Crippen LogP contribution < -0.4 is 0 Å². The van der Waals surface area contributed by atoms with Crippen molar-refractivity contribution in [3.8, 4) is 11.5 Å². The zero-order valence-corrected chi connectivity index (χ0v) is 7.95. The van der Waals surface area contributed by atoms with E-state index < -0.39 is 0 Å². The van der Waals surface area contributed by atoms with Gasteiger partial charge in [-0.25, -0.2) is 0 Å². The van der Waals surface area contributed by atoms with E-state index in [1.165, 1.54) is 0 Å². The molecule has 0 atom stereocenters. The highest BCUT2D eigenvalue weighted by molar-refractivity contribution is 7.80. The minimum atomic E-state index is 0.536. The van der Waals surface area contributed by atoms with Crippen molar-refractivity contribution in [2.24, 2.45) is 0 Å². The van der Waals surface area contributed by atoms with Crippen LogP contribution in [0.15, 0.2) is 33.6 Å². The summed E-state index contributed by atoms with van der Waals surface area (Å²) < 4.78 is 5.27. The molecule has 4 heteroatoms. The van der Waals surface area contributed by atoms with E-state index in [0.717, 1.165) is 10.5 Å². The van der Waals surface area contributed by atoms with Crippen molar-refractivity contribution in [3.05, 3.63) is 30.2 Å². The Hall–Kier alpha value is -1.29. The third-order valence-electron chi connectivity index (χ3n) is 1.62. The summed E-state index contributed by atoms with van der Waals surface area (Å²) in [4.78, 5) is 0.883. The summed E-state index contributed by atoms with van der Waals surface area (Å²) in [5, 5.41) is 7.66. The SMILES string of the molecule is Cc1nnc(-c2cccc(S)c2)o1. The second-order valence-electron chi connectivity index (χ2n) is 2.68. The quantitative estimate of drug-likeness (QED) is 0.705. The van der Waals surface area contributed by atoms with Crippen LogP contribution in [0.3, 0.4) is 0 Å². The fourth-order valence-corrected chi connectivity index (χ4v) is 1.28. The van der Waals surface area contributed by atoms with Crippen LogP contribution in [0, 0.1) is 6.92 Å². The van der Waals surface area contributed by atoms with Gasteiger partial charge in [0.15, 0.2) is 0 Å². The van der Waals surface area contributed by atoms with E-state index in [-0.39, 0.29) is 0 Å². The fraction of sp³-hybridized carbons (Fsp3) is 0.111. The Balaban J connectivity index is 2.46. The molecule has 0 fully saturated rings. The molecule has 1 aromatic carbocycles. The number of aryl methyl sites for hydroxylation is 1. The predicted molar refractivity (Wildman–Crippen MR) is 51.7 cm³/mol. The Morgan fingerprint density at radius 2 is 2.15 bits per heavy atom. The summed E-state index contributed by atoms with van der Waals surface area (Å²) in [6, 6.07) is 7.59. The normalized spacial score (nSPS) is 10.3. The molecule has 0 N–H and O–H groups in total. The molecule has 66 valence electrons. The monoisotopic (exact) mass is 192 g/mol. The number of thiol groups is 1. The number of nitrogens with zero attached hydrogens (tertiary/aromatic N) is 2. The fourth-order valence-electron chi connectivity index (χ4n) is 1.05. The molecule has 0 spiro atoms. The Labute approximate surface area is 81.2 Å². The van der Waals surface area contributed by atoms with Gasteiger partial charge in [0, 0.05) is 17.4 Å². The zero-order valence-electron chi connectivity index (χ0n) is 7.06. The molecular weight excluding hydrogens is 184 g/mol. The van der Waals surface area contributed by atoms with Crippen LogP contribution in [-0.4, -0.2) is 10.2 Å². The van der Waals surface area contributed by atoms with Crippen molar-refractivity contribution < 1.29 is 4.42 Å². The van der Waals surface area contributed by atoms with Gasteiger partial charge in [0.05, 0.1) is 0 Å². The molecule has 1 heterocycles. The maximum Gasteiger partial charge on any atom is 0.247 e. The summed E-state index contributed by atoms with van der Waals surface area (Å²) in [5.41, 5.74) is 0.896. The number of hydrogen-bond donors (Lipinski definition) is 1. The first-order chi connectivity index (χ1) is 6.25. The third kappa shape index (κ3) is 1.72. The zero-order chi connectivity index (χ0) is 9.26. The van der Waals surface area contributed by atoms with Crippen LogP contribution in [-0.2, 0) is 0 Å². The summed E-state index contributed by atoms with van der Waals surface area (Å²) in [6.07, 6.45) is 0. The minimum absolute atomic E-state index is 0.536. The lowest BCUT2D eigenvalue weighted by Crippen LogP contribution is -1.77. The first kappa shape index (κ1) is 8.31. The Morgan fingerprint density at radius 1 is 1.31 bits per heavy atom. The number of rotatable bonds is 1. The molecule has 0 aliphatic heterocycles. The molecule has 2 aromatic rings. The molecule has 0 amide bonds. The van der Waals surface area contributed by atoms with Gasteiger partial charge in [-0.3, -0.25) is 0 Å². The van der Waals surface area contributed by atoms with Crippen molar-refractivity contribution in [2.45, 2.75) is 11.8 Å². The average molecular weight is 192 g/mol. The van der Waals surface area contributed by atoms with E-state index in [4.69, 9.17) is 4.42 Å². The van der Waals surface area contributed by atoms with E-state index in [9.17, 15) is 0 Å². The molecule has 0 bridgehead atoms. The predicted octanol–water partition coefficient (Wildman–Crippen LogP) is 2.33.